The number of hydrogen-bond donors (Lipinski definition) is 2. The molecule has 2 aromatic carbocycles. The Morgan fingerprint density at radius 2 is 1.90 bits per heavy atom. The van der Waals surface area contributed by atoms with Crippen LogP contribution in [0.5, 0.6) is 11.5 Å². The van der Waals surface area contributed by atoms with Gasteiger partial charge < -0.3 is 24.4 Å². The minimum Gasteiger partial charge on any atom is -0.493 e. The number of hydrogen-bond acceptors (Lipinski definition) is 7. The number of nitrogens with two attached hydrogens (primary N) is 1. The third-order valence-corrected chi connectivity index (χ3v) is 5.73. The predicted octanol–water partition coefficient (Wildman–Crippen LogP) is 1.12. The lowest BCUT2D eigenvalue weighted by molar-refractivity contribution is 0.0949. The number of carbonyl (C=O) groups is 1. The van der Waals surface area contributed by atoms with E-state index in [1.165, 1.54) is 26.4 Å². The van der Waals surface area contributed by atoms with Crippen molar-refractivity contribution >= 4 is 21.6 Å². The molecule has 9 nitrogen and oxygen atoms in total. The van der Waals surface area contributed by atoms with Gasteiger partial charge in [0, 0.05) is 30.9 Å². The smallest absolute Gasteiger partial charge is 0.253 e. The summed E-state index contributed by atoms with van der Waals surface area (Å²) in [6.45, 7) is 2.41. The monoisotopic (exact) mass is 435 g/mol. The predicted molar refractivity (Wildman–Crippen MR) is 112 cm³/mol. The highest BCUT2D eigenvalue weighted by atomic mass is 32.2. The average molecular weight is 436 g/mol. The Hall–Kier alpha value is -2.82. The number of benzene rings is 2. The fourth-order valence-corrected chi connectivity index (χ4v) is 3.86. The molecule has 1 aliphatic heterocycles. The van der Waals surface area contributed by atoms with Crippen LogP contribution >= 0.6 is 0 Å². The number of morpholine rings is 1. The lowest BCUT2D eigenvalue weighted by Crippen LogP contribution is -2.38. The minimum atomic E-state index is -3.95. The van der Waals surface area contributed by atoms with Crippen molar-refractivity contribution < 1.29 is 27.4 Å². The Morgan fingerprint density at radius 1 is 1.17 bits per heavy atom. The summed E-state index contributed by atoms with van der Waals surface area (Å²) in [5.41, 5.74) is 1.58. The lowest BCUT2D eigenvalue weighted by atomic mass is 10.1. The number of sulfonamides is 1. The number of nitrogens with one attached hydrogen (secondary N) is 1. The molecule has 0 radical (unpaired) electrons. The Morgan fingerprint density at radius 3 is 2.53 bits per heavy atom. The molecular weight excluding hydrogens is 410 g/mol. The van der Waals surface area contributed by atoms with E-state index >= 15 is 0 Å². The standard InChI is InChI=1S/C20H25N3O6S/c1-27-18-5-3-4-14(19(18)28-2)13-22-20(24)16-12-15(30(21,25)26)6-7-17(16)23-8-10-29-11-9-23/h3-7,12H,8-11,13H2,1-2H3,(H,22,24)(H2,21,25,26). The molecule has 0 aliphatic carbocycles. The molecule has 0 spiro atoms. The second-order valence-corrected chi connectivity index (χ2v) is 8.22. The van der Waals surface area contributed by atoms with Gasteiger partial charge >= 0.3 is 0 Å². The summed E-state index contributed by atoms with van der Waals surface area (Å²) in [6, 6.07) is 9.68. The molecule has 0 atom stereocenters. The molecule has 1 fully saturated rings. The zero-order valence-corrected chi connectivity index (χ0v) is 17.7. The third-order valence-electron chi connectivity index (χ3n) is 4.82. The van der Waals surface area contributed by atoms with Crippen LogP contribution in [0, 0.1) is 0 Å². The lowest BCUT2D eigenvalue weighted by Gasteiger charge is -2.30. The van der Waals surface area contributed by atoms with E-state index in [1.807, 2.05) is 11.0 Å². The van der Waals surface area contributed by atoms with E-state index < -0.39 is 15.9 Å². The first kappa shape index (κ1) is 21.9. The Bertz CT molecular complexity index is 1020. The van der Waals surface area contributed by atoms with Gasteiger partial charge in [-0.1, -0.05) is 12.1 Å². The number of nitrogens with zero attached hydrogens (tertiary/aromatic N) is 1. The normalized spacial score (nSPS) is 14.3. The molecule has 1 heterocycles. The quantitative estimate of drug-likeness (QED) is 0.669. The molecule has 2 aromatic rings. The van der Waals surface area contributed by atoms with Crippen molar-refractivity contribution in [3.05, 3.63) is 47.5 Å². The first-order valence-corrected chi connectivity index (χ1v) is 10.9. The van der Waals surface area contributed by atoms with Crippen LogP contribution in [0.15, 0.2) is 41.3 Å². The van der Waals surface area contributed by atoms with Crippen molar-refractivity contribution in [3.63, 3.8) is 0 Å². The highest BCUT2D eigenvalue weighted by molar-refractivity contribution is 7.89. The van der Waals surface area contributed by atoms with Crippen LogP contribution in [0.3, 0.4) is 0 Å². The first-order valence-electron chi connectivity index (χ1n) is 9.32. The van der Waals surface area contributed by atoms with Gasteiger partial charge in [0.2, 0.25) is 10.0 Å². The van der Waals surface area contributed by atoms with Crippen LogP contribution in [-0.4, -0.2) is 54.8 Å². The van der Waals surface area contributed by atoms with Gasteiger partial charge in [-0.25, -0.2) is 13.6 Å². The third kappa shape index (κ3) is 4.84. The second-order valence-electron chi connectivity index (χ2n) is 6.66. The van der Waals surface area contributed by atoms with E-state index in [0.717, 1.165) is 5.56 Å². The molecule has 10 heteroatoms. The summed E-state index contributed by atoms with van der Waals surface area (Å²) < 4.78 is 39.7. The molecule has 3 rings (SSSR count). The zero-order chi connectivity index (χ0) is 21.7. The molecule has 1 amide bonds. The van der Waals surface area contributed by atoms with Gasteiger partial charge in [0.25, 0.3) is 5.91 Å². The summed E-state index contributed by atoms with van der Waals surface area (Å²) in [5.74, 6) is 0.647. The molecule has 0 saturated carbocycles. The molecule has 0 aromatic heterocycles. The van der Waals surface area contributed by atoms with Gasteiger partial charge in [0.1, 0.15) is 0 Å². The molecule has 1 aliphatic rings. The van der Waals surface area contributed by atoms with Crippen LogP contribution in [0.25, 0.3) is 0 Å². The van der Waals surface area contributed by atoms with E-state index in [9.17, 15) is 13.2 Å². The maximum atomic E-state index is 13.0. The van der Waals surface area contributed by atoms with Crippen LogP contribution in [-0.2, 0) is 21.3 Å². The van der Waals surface area contributed by atoms with Crippen LogP contribution in [0.4, 0.5) is 5.69 Å². The van der Waals surface area contributed by atoms with E-state index in [0.29, 0.717) is 43.5 Å². The summed E-state index contributed by atoms with van der Waals surface area (Å²) in [7, 11) is -0.894. The van der Waals surface area contributed by atoms with Crippen LogP contribution in [0.2, 0.25) is 0 Å². The van der Waals surface area contributed by atoms with Gasteiger partial charge in [-0.2, -0.15) is 0 Å². The summed E-state index contributed by atoms with van der Waals surface area (Å²) in [4.78, 5) is 14.9. The van der Waals surface area contributed by atoms with Crippen molar-refractivity contribution in [2.45, 2.75) is 11.4 Å². The van der Waals surface area contributed by atoms with Crippen molar-refractivity contribution in [3.8, 4) is 11.5 Å². The highest BCUT2D eigenvalue weighted by Gasteiger charge is 2.22. The van der Waals surface area contributed by atoms with Gasteiger partial charge in [-0.15, -0.1) is 0 Å². The topological polar surface area (TPSA) is 120 Å². The average Bonchev–Trinajstić information content (AvgIpc) is 2.76. The number of anilines is 1. The van der Waals surface area contributed by atoms with Crippen molar-refractivity contribution in [2.24, 2.45) is 5.14 Å². The maximum absolute atomic E-state index is 13.0. The largest absolute Gasteiger partial charge is 0.493 e. The molecule has 162 valence electrons. The number of ether oxygens (including phenoxy) is 3. The summed E-state index contributed by atoms with van der Waals surface area (Å²) in [5, 5.41) is 8.10. The van der Waals surface area contributed by atoms with Crippen molar-refractivity contribution in [2.75, 3.05) is 45.4 Å². The summed E-state index contributed by atoms with van der Waals surface area (Å²) in [6.07, 6.45) is 0. The number of para-hydroxylation sites is 1. The Balaban J connectivity index is 1.90. The number of amides is 1. The Labute approximate surface area is 175 Å². The van der Waals surface area contributed by atoms with Crippen LogP contribution < -0.4 is 24.8 Å². The summed E-state index contributed by atoms with van der Waals surface area (Å²) >= 11 is 0. The number of carbonyl (C=O) groups excluding carboxylic acids is 1. The SMILES string of the molecule is COc1cccc(CNC(=O)c2cc(S(N)(=O)=O)ccc2N2CCOCC2)c1OC. The van der Waals surface area contributed by atoms with Gasteiger partial charge in [0.15, 0.2) is 11.5 Å². The molecule has 1 saturated heterocycles. The Kier molecular flexibility index (Phi) is 6.80. The minimum absolute atomic E-state index is 0.122. The molecule has 0 unspecified atom stereocenters. The van der Waals surface area contributed by atoms with E-state index in [-0.39, 0.29) is 17.0 Å². The second kappa shape index (κ2) is 9.33. The number of methoxy groups -OCH3 is 2. The molecule has 30 heavy (non-hydrogen) atoms. The van der Waals surface area contributed by atoms with Gasteiger partial charge in [-0.3, -0.25) is 4.79 Å². The van der Waals surface area contributed by atoms with Gasteiger partial charge in [-0.05, 0) is 24.3 Å². The van der Waals surface area contributed by atoms with E-state index in [1.54, 1.807) is 18.2 Å². The fraction of sp³-hybridized carbons (Fsp3) is 0.350. The van der Waals surface area contributed by atoms with Gasteiger partial charge in [0.05, 0.1) is 37.9 Å². The molecule has 3 N–H and O–H groups in total. The van der Waals surface area contributed by atoms with Crippen molar-refractivity contribution in [1.82, 2.24) is 5.32 Å². The fourth-order valence-electron chi connectivity index (χ4n) is 3.32. The zero-order valence-electron chi connectivity index (χ0n) is 16.9. The maximum Gasteiger partial charge on any atom is 0.253 e. The van der Waals surface area contributed by atoms with E-state index in [2.05, 4.69) is 5.32 Å². The molecular formula is C20H25N3O6S. The first-order chi connectivity index (χ1) is 14.3. The number of rotatable bonds is 7. The van der Waals surface area contributed by atoms with E-state index in [4.69, 9.17) is 19.3 Å². The highest BCUT2D eigenvalue weighted by Crippen LogP contribution is 2.31. The molecule has 0 bridgehead atoms. The van der Waals surface area contributed by atoms with Crippen molar-refractivity contribution in [1.29, 1.82) is 0 Å². The number of primary sulfonamides is 1. The van der Waals surface area contributed by atoms with Crippen LogP contribution in [0.1, 0.15) is 15.9 Å².